The molecule has 0 radical (unpaired) electrons. The van der Waals surface area contributed by atoms with Gasteiger partial charge in [0.2, 0.25) is 0 Å². The minimum Gasteiger partial charge on any atom is -0.351 e. The van der Waals surface area contributed by atoms with Crippen molar-refractivity contribution in [1.82, 2.24) is 14.5 Å². The lowest BCUT2D eigenvalue weighted by Crippen LogP contribution is -2.48. The Morgan fingerprint density at radius 1 is 1.10 bits per heavy atom. The number of hydrogen-bond donors (Lipinski definition) is 0. The van der Waals surface area contributed by atoms with Crippen LogP contribution in [0.5, 0.6) is 0 Å². The molecule has 2 aromatic heterocycles. The third-order valence-electron chi connectivity index (χ3n) is 3.94. The van der Waals surface area contributed by atoms with Crippen LogP contribution in [0.4, 0.5) is 5.82 Å². The lowest BCUT2D eigenvalue weighted by Gasteiger charge is -2.41. The maximum Gasteiger partial charge on any atom is 0.146 e. The Balaban J connectivity index is 1.59. The van der Waals surface area contributed by atoms with Crippen molar-refractivity contribution in [2.75, 3.05) is 18.0 Å². The van der Waals surface area contributed by atoms with Gasteiger partial charge in [0.05, 0.1) is 29.0 Å². The molecule has 0 spiro atoms. The molecule has 1 aromatic carbocycles. The summed E-state index contributed by atoms with van der Waals surface area (Å²) in [4.78, 5) is 10.9. The van der Waals surface area contributed by atoms with Crippen molar-refractivity contribution in [3.05, 3.63) is 54.5 Å². The molecule has 0 amide bonds. The molecule has 3 aromatic rings. The molecule has 4 rings (SSSR count). The van der Waals surface area contributed by atoms with Gasteiger partial charge in [-0.2, -0.15) is 5.26 Å². The third kappa shape index (κ3) is 1.84. The lowest BCUT2D eigenvalue weighted by atomic mass is 10.1. The van der Waals surface area contributed by atoms with Gasteiger partial charge < -0.3 is 9.47 Å². The van der Waals surface area contributed by atoms with E-state index >= 15 is 0 Å². The number of imidazole rings is 1. The first-order valence-electron chi connectivity index (χ1n) is 6.88. The Bertz CT molecular complexity index is 839. The molecule has 1 fully saturated rings. The summed E-state index contributed by atoms with van der Waals surface area (Å²) in [6.45, 7) is 1.71. The van der Waals surface area contributed by atoms with Gasteiger partial charge in [0.25, 0.3) is 0 Å². The molecule has 1 saturated heterocycles. The van der Waals surface area contributed by atoms with E-state index in [1.807, 2.05) is 30.6 Å². The zero-order chi connectivity index (χ0) is 14.2. The van der Waals surface area contributed by atoms with Crippen LogP contribution in [-0.4, -0.2) is 27.6 Å². The summed E-state index contributed by atoms with van der Waals surface area (Å²) in [5.74, 6) is 0.778. The molecule has 3 heterocycles. The average Bonchev–Trinajstić information content (AvgIpc) is 2.90. The number of nitriles is 1. The maximum absolute atomic E-state index is 9.15. The van der Waals surface area contributed by atoms with Crippen LogP contribution in [0.25, 0.3) is 11.0 Å². The van der Waals surface area contributed by atoms with Crippen molar-refractivity contribution in [2.24, 2.45) is 0 Å². The monoisotopic (exact) mass is 275 g/mol. The van der Waals surface area contributed by atoms with Crippen molar-refractivity contribution in [1.29, 1.82) is 5.26 Å². The predicted octanol–water partition coefficient (Wildman–Crippen LogP) is 2.36. The minimum absolute atomic E-state index is 0.381. The van der Waals surface area contributed by atoms with Crippen LogP contribution in [0.1, 0.15) is 11.6 Å². The van der Waals surface area contributed by atoms with E-state index in [0.29, 0.717) is 11.6 Å². The van der Waals surface area contributed by atoms with Gasteiger partial charge in [-0.3, -0.25) is 0 Å². The minimum atomic E-state index is 0.381. The third-order valence-corrected chi connectivity index (χ3v) is 3.94. The molecule has 5 nitrogen and oxygen atoms in total. The van der Waals surface area contributed by atoms with Crippen LogP contribution < -0.4 is 4.90 Å². The molecule has 1 aliphatic heterocycles. The highest BCUT2D eigenvalue weighted by atomic mass is 15.3. The number of para-hydroxylation sites is 2. The molecule has 0 unspecified atom stereocenters. The van der Waals surface area contributed by atoms with E-state index in [1.54, 1.807) is 12.3 Å². The van der Waals surface area contributed by atoms with Gasteiger partial charge in [-0.25, -0.2) is 9.97 Å². The van der Waals surface area contributed by atoms with Crippen molar-refractivity contribution in [3.63, 3.8) is 0 Å². The van der Waals surface area contributed by atoms with Crippen LogP contribution in [0.3, 0.4) is 0 Å². The number of benzene rings is 1. The quantitative estimate of drug-likeness (QED) is 0.720. The Hall–Kier alpha value is -2.87. The standard InChI is InChI=1S/C16H13N5/c17-8-12-4-3-7-18-16(12)20-9-13(10-20)21-11-19-14-5-1-2-6-15(14)21/h1-7,11,13H,9-10H2. The fourth-order valence-corrected chi connectivity index (χ4v) is 2.81. The number of aromatic nitrogens is 3. The number of nitrogens with zero attached hydrogens (tertiary/aromatic N) is 5. The number of anilines is 1. The van der Waals surface area contributed by atoms with Gasteiger partial charge in [0.15, 0.2) is 0 Å². The van der Waals surface area contributed by atoms with Gasteiger partial charge in [-0.15, -0.1) is 0 Å². The first-order valence-corrected chi connectivity index (χ1v) is 6.88. The smallest absolute Gasteiger partial charge is 0.146 e. The Morgan fingerprint density at radius 3 is 2.81 bits per heavy atom. The molecule has 0 atom stereocenters. The Labute approximate surface area is 122 Å². The van der Waals surface area contributed by atoms with Gasteiger partial charge in [0, 0.05) is 19.3 Å². The van der Waals surface area contributed by atoms with E-state index in [0.717, 1.165) is 29.9 Å². The zero-order valence-corrected chi connectivity index (χ0v) is 11.3. The highest BCUT2D eigenvalue weighted by Crippen LogP contribution is 2.30. The molecule has 102 valence electrons. The molecular formula is C16H13N5. The van der Waals surface area contributed by atoms with Crippen LogP contribution in [0.15, 0.2) is 48.9 Å². The fraction of sp³-hybridized carbons (Fsp3) is 0.188. The van der Waals surface area contributed by atoms with Crippen LogP contribution in [0.2, 0.25) is 0 Å². The van der Waals surface area contributed by atoms with Gasteiger partial charge in [0.1, 0.15) is 11.9 Å². The molecule has 21 heavy (non-hydrogen) atoms. The SMILES string of the molecule is N#Cc1cccnc1N1CC(n2cnc3ccccc32)C1. The molecular weight excluding hydrogens is 262 g/mol. The number of hydrogen-bond acceptors (Lipinski definition) is 4. The van der Waals surface area contributed by atoms with Crippen LogP contribution in [0, 0.1) is 11.3 Å². The molecule has 0 bridgehead atoms. The summed E-state index contributed by atoms with van der Waals surface area (Å²) in [6.07, 6.45) is 3.63. The molecule has 0 N–H and O–H groups in total. The van der Waals surface area contributed by atoms with Crippen molar-refractivity contribution in [3.8, 4) is 6.07 Å². The maximum atomic E-state index is 9.15. The van der Waals surface area contributed by atoms with E-state index in [2.05, 4.69) is 31.6 Å². The topological polar surface area (TPSA) is 57.7 Å². The highest BCUT2D eigenvalue weighted by molar-refractivity contribution is 5.75. The fourth-order valence-electron chi connectivity index (χ4n) is 2.81. The second kappa shape index (κ2) is 4.60. The number of pyridine rings is 1. The van der Waals surface area contributed by atoms with E-state index in [1.165, 1.54) is 0 Å². The van der Waals surface area contributed by atoms with Crippen molar-refractivity contribution >= 4 is 16.9 Å². The number of fused-ring (bicyclic) bond motifs is 1. The Kier molecular flexibility index (Phi) is 2.61. The largest absolute Gasteiger partial charge is 0.351 e. The van der Waals surface area contributed by atoms with Gasteiger partial charge in [-0.1, -0.05) is 12.1 Å². The average molecular weight is 275 g/mol. The summed E-state index contributed by atoms with van der Waals surface area (Å²) in [7, 11) is 0. The van der Waals surface area contributed by atoms with Crippen molar-refractivity contribution < 1.29 is 0 Å². The zero-order valence-electron chi connectivity index (χ0n) is 11.3. The second-order valence-electron chi connectivity index (χ2n) is 5.19. The Morgan fingerprint density at radius 2 is 1.95 bits per heavy atom. The normalized spacial score (nSPS) is 14.9. The van der Waals surface area contributed by atoms with Gasteiger partial charge in [-0.05, 0) is 24.3 Å². The molecule has 1 aliphatic rings. The predicted molar refractivity (Wildman–Crippen MR) is 79.9 cm³/mol. The first-order chi connectivity index (χ1) is 10.4. The van der Waals surface area contributed by atoms with E-state index in [4.69, 9.17) is 5.26 Å². The summed E-state index contributed by atoms with van der Waals surface area (Å²) in [6, 6.07) is 14.3. The summed E-state index contributed by atoms with van der Waals surface area (Å²) >= 11 is 0. The first kappa shape index (κ1) is 11.9. The second-order valence-corrected chi connectivity index (χ2v) is 5.19. The lowest BCUT2D eigenvalue weighted by molar-refractivity contribution is 0.405. The molecule has 5 heteroatoms. The van der Waals surface area contributed by atoms with E-state index in [9.17, 15) is 0 Å². The number of rotatable bonds is 2. The van der Waals surface area contributed by atoms with E-state index in [-0.39, 0.29) is 0 Å². The van der Waals surface area contributed by atoms with Crippen LogP contribution >= 0.6 is 0 Å². The molecule has 0 aliphatic carbocycles. The summed E-state index contributed by atoms with van der Waals surface area (Å²) in [5.41, 5.74) is 2.81. The van der Waals surface area contributed by atoms with Crippen LogP contribution in [-0.2, 0) is 0 Å². The molecule has 0 saturated carbocycles. The summed E-state index contributed by atoms with van der Waals surface area (Å²) < 4.78 is 2.21. The van der Waals surface area contributed by atoms with Crippen molar-refractivity contribution in [2.45, 2.75) is 6.04 Å². The highest BCUT2D eigenvalue weighted by Gasteiger charge is 2.31. The van der Waals surface area contributed by atoms with E-state index < -0.39 is 0 Å². The summed E-state index contributed by atoms with van der Waals surface area (Å²) in [5, 5.41) is 9.15. The van der Waals surface area contributed by atoms with Gasteiger partial charge >= 0.3 is 0 Å².